The van der Waals surface area contributed by atoms with Crippen LogP contribution in [0.4, 0.5) is 0 Å². The fourth-order valence-electron chi connectivity index (χ4n) is 2.39. The number of aliphatic hydroxyl groups is 2. The summed E-state index contributed by atoms with van der Waals surface area (Å²) < 4.78 is 0. The minimum atomic E-state index is -0.857. The summed E-state index contributed by atoms with van der Waals surface area (Å²) in [7, 11) is 0. The van der Waals surface area contributed by atoms with Crippen LogP contribution in [0.2, 0.25) is 0 Å². The van der Waals surface area contributed by atoms with Crippen LogP contribution in [0.5, 0.6) is 0 Å². The lowest BCUT2D eigenvalue weighted by Gasteiger charge is -2.29. The Morgan fingerprint density at radius 2 is 1.69 bits per heavy atom. The van der Waals surface area contributed by atoms with Crippen LogP contribution < -0.4 is 0 Å². The Morgan fingerprint density at radius 3 is 2.31 bits per heavy atom. The molecule has 0 amide bonds. The van der Waals surface area contributed by atoms with E-state index in [4.69, 9.17) is 0 Å². The summed E-state index contributed by atoms with van der Waals surface area (Å²) in [6.45, 7) is 0. The molecule has 1 heterocycles. The van der Waals surface area contributed by atoms with Gasteiger partial charge in [-0.15, -0.1) is 0 Å². The number of nitrogens with zero attached hydrogens (tertiary/aromatic N) is 2. The van der Waals surface area contributed by atoms with Crippen molar-refractivity contribution >= 4 is 0 Å². The van der Waals surface area contributed by atoms with E-state index >= 15 is 0 Å². The molecule has 1 aromatic rings. The van der Waals surface area contributed by atoms with Crippen LogP contribution in [0.25, 0.3) is 0 Å². The van der Waals surface area contributed by atoms with Crippen LogP contribution in [0, 0.1) is 5.92 Å². The third kappa shape index (κ3) is 2.57. The molecule has 0 spiro atoms. The van der Waals surface area contributed by atoms with Crippen molar-refractivity contribution in [1.82, 2.24) is 9.97 Å². The van der Waals surface area contributed by atoms with Crippen molar-refractivity contribution in [2.75, 3.05) is 0 Å². The normalized spacial score (nSPS) is 21.6. The third-order valence-electron chi connectivity index (χ3n) is 3.38. The van der Waals surface area contributed by atoms with Gasteiger partial charge in [0.05, 0.1) is 6.10 Å². The smallest absolute Gasteiger partial charge is 0.115 e. The Bertz CT molecular complexity index is 312. The molecule has 2 atom stereocenters. The number of rotatable bonds is 3. The van der Waals surface area contributed by atoms with Crippen molar-refractivity contribution < 1.29 is 10.2 Å². The molecular formula is C12H18N2O2. The van der Waals surface area contributed by atoms with E-state index in [0.29, 0.717) is 5.56 Å². The second-order valence-electron chi connectivity index (χ2n) is 4.51. The molecule has 2 rings (SSSR count). The Labute approximate surface area is 95.4 Å². The number of aromatic nitrogens is 2. The maximum Gasteiger partial charge on any atom is 0.115 e. The van der Waals surface area contributed by atoms with Crippen LogP contribution in [0.15, 0.2) is 18.7 Å². The molecule has 1 aliphatic rings. The zero-order valence-electron chi connectivity index (χ0n) is 9.29. The van der Waals surface area contributed by atoms with Crippen molar-refractivity contribution in [1.29, 1.82) is 0 Å². The summed E-state index contributed by atoms with van der Waals surface area (Å²) in [5, 5.41) is 20.1. The number of hydrogen-bond acceptors (Lipinski definition) is 4. The van der Waals surface area contributed by atoms with Crippen molar-refractivity contribution in [3.05, 3.63) is 24.3 Å². The highest BCUT2D eigenvalue weighted by molar-refractivity contribution is 5.08. The van der Waals surface area contributed by atoms with Gasteiger partial charge >= 0.3 is 0 Å². The second kappa shape index (κ2) is 5.37. The van der Waals surface area contributed by atoms with Gasteiger partial charge < -0.3 is 10.2 Å². The van der Waals surface area contributed by atoms with E-state index in [-0.39, 0.29) is 5.92 Å². The quantitative estimate of drug-likeness (QED) is 0.812. The van der Waals surface area contributed by atoms with E-state index in [1.807, 2.05) is 0 Å². The zero-order chi connectivity index (χ0) is 11.4. The topological polar surface area (TPSA) is 66.2 Å². The van der Waals surface area contributed by atoms with Gasteiger partial charge in [0.2, 0.25) is 0 Å². The summed E-state index contributed by atoms with van der Waals surface area (Å²) in [6.07, 6.45) is 8.55. The van der Waals surface area contributed by atoms with E-state index in [1.54, 1.807) is 12.4 Å². The Morgan fingerprint density at radius 1 is 1.06 bits per heavy atom. The van der Waals surface area contributed by atoms with Crippen molar-refractivity contribution in [2.45, 2.75) is 44.3 Å². The predicted molar refractivity (Wildman–Crippen MR) is 59.6 cm³/mol. The summed E-state index contributed by atoms with van der Waals surface area (Å²) in [5.74, 6) is 0.212. The monoisotopic (exact) mass is 222 g/mol. The number of aliphatic hydroxyl groups excluding tert-OH is 2. The molecule has 0 aromatic carbocycles. The first-order valence-electron chi connectivity index (χ1n) is 5.90. The summed E-state index contributed by atoms with van der Waals surface area (Å²) in [6, 6.07) is 0. The molecule has 1 aromatic heterocycles. The number of hydrogen-bond donors (Lipinski definition) is 2. The SMILES string of the molecule is OC(c1cncnc1)C(O)C1CCCCC1. The van der Waals surface area contributed by atoms with Crippen LogP contribution in [-0.2, 0) is 0 Å². The predicted octanol–water partition coefficient (Wildman–Crippen LogP) is 1.45. The van der Waals surface area contributed by atoms with Crippen molar-refractivity contribution in [2.24, 2.45) is 5.92 Å². The Kier molecular flexibility index (Phi) is 3.85. The van der Waals surface area contributed by atoms with Crippen LogP contribution in [-0.4, -0.2) is 26.3 Å². The van der Waals surface area contributed by atoms with Gasteiger partial charge in [-0.3, -0.25) is 0 Å². The Hall–Kier alpha value is -1.00. The van der Waals surface area contributed by atoms with Gasteiger partial charge in [-0.2, -0.15) is 0 Å². The highest BCUT2D eigenvalue weighted by Gasteiger charge is 2.28. The fourth-order valence-corrected chi connectivity index (χ4v) is 2.39. The van der Waals surface area contributed by atoms with Crippen LogP contribution in [0.1, 0.15) is 43.8 Å². The molecule has 16 heavy (non-hydrogen) atoms. The van der Waals surface area contributed by atoms with E-state index < -0.39 is 12.2 Å². The standard InChI is InChI=1S/C12H18N2O2/c15-11(9-4-2-1-3-5-9)12(16)10-6-13-8-14-7-10/h6-9,11-12,15-16H,1-5H2. The first-order chi connectivity index (χ1) is 7.79. The molecule has 0 aliphatic heterocycles. The van der Waals surface area contributed by atoms with E-state index in [2.05, 4.69) is 9.97 Å². The van der Waals surface area contributed by atoms with Gasteiger partial charge in [-0.25, -0.2) is 9.97 Å². The van der Waals surface area contributed by atoms with E-state index in [1.165, 1.54) is 12.7 Å². The summed E-state index contributed by atoms with van der Waals surface area (Å²) in [5.41, 5.74) is 0.598. The molecule has 4 heteroatoms. The van der Waals surface area contributed by atoms with Crippen LogP contribution >= 0.6 is 0 Å². The second-order valence-corrected chi connectivity index (χ2v) is 4.51. The lowest BCUT2D eigenvalue weighted by Crippen LogP contribution is -2.29. The molecule has 2 N–H and O–H groups in total. The van der Waals surface area contributed by atoms with Gasteiger partial charge in [0.25, 0.3) is 0 Å². The van der Waals surface area contributed by atoms with Crippen molar-refractivity contribution in [3.8, 4) is 0 Å². The van der Waals surface area contributed by atoms with Gasteiger partial charge in [0, 0.05) is 18.0 Å². The minimum Gasteiger partial charge on any atom is -0.390 e. The molecule has 0 radical (unpaired) electrons. The molecule has 1 aliphatic carbocycles. The first-order valence-corrected chi connectivity index (χ1v) is 5.90. The van der Waals surface area contributed by atoms with Crippen molar-refractivity contribution in [3.63, 3.8) is 0 Å². The molecule has 0 bridgehead atoms. The molecule has 4 nitrogen and oxygen atoms in total. The Balaban J connectivity index is 2.00. The fraction of sp³-hybridized carbons (Fsp3) is 0.667. The lowest BCUT2D eigenvalue weighted by molar-refractivity contribution is -0.0288. The maximum absolute atomic E-state index is 10.1. The zero-order valence-corrected chi connectivity index (χ0v) is 9.29. The molecule has 1 fully saturated rings. The molecular weight excluding hydrogens is 204 g/mol. The molecule has 88 valence electrons. The molecule has 2 unspecified atom stereocenters. The third-order valence-corrected chi connectivity index (χ3v) is 3.38. The van der Waals surface area contributed by atoms with Crippen LogP contribution in [0.3, 0.4) is 0 Å². The van der Waals surface area contributed by atoms with Gasteiger partial charge in [-0.1, -0.05) is 19.3 Å². The summed E-state index contributed by atoms with van der Waals surface area (Å²) >= 11 is 0. The van der Waals surface area contributed by atoms with E-state index in [0.717, 1.165) is 25.7 Å². The van der Waals surface area contributed by atoms with Gasteiger partial charge in [-0.05, 0) is 18.8 Å². The largest absolute Gasteiger partial charge is 0.390 e. The molecule has 0 saturated heterocycles. The summed E-state index contributed by atoms with van der Waals surface area (Å²) in [4.78, 5) is 7.70. The van der Waals surface area contributed by atoms with E-state index in [9.17, 15) is 10.2 Å². The average Bonchev–Trinajstić information content (AvgIpc) is 2.39. The average molecular weight is 222 g/mol. The van der Waals surface area contributed by atoms with Gasteiger partial charge in [0.15, 0.2) is 0 Å². The minimum absolute atomic E-state index is 0.212. The lowest BCUT2D eigenvalue weighted by atomic mass is 9.82. The highest BCUT2D eigenvalue weighted by atomic mass is 16.3. The molecule has 1 saturated carbocycles. The first kappa shape index (κ1) is 11.5. The maximum atomic E-state index is 10.1. The highest BCUT2D eigenvalue weighted by Crippen LogP contribution is 2.31. The van der Waals surface area contributed by atoms with Gasteiger partial charge in [0.1, 0.15) is 12.4 Å².